The maximum Gasteiger partial charge on any atom is 0.243 e. The van der Waals surface area contributed by atoms with Crippen molar-refractivity contribution in [3.8, 4) is 0 Å². The number of amides is 1. The van der Waals surface area contributed by atoms with Crippen LogP contribution in [0, 0.1) is 0 Å². The molecular formula is C19H20N2O4S. The number of fused-ring (bicyclic) bond motifs is 1. The molecule has 0 fully saturated rings. The molecule has 2 aromatic rings. The number of nitrogens with zero attached hydrogens (tertiary/aromatic N) is 2. The van der Waals surface area contributed by atoms with Crippen molar-refractivity contribution >= 4 is 27.4 Å². The van der Waals surface area contributed by atoms with Crippen molar-refractivity contribution < 1.29 is 18.0 Å². The molecule has 0 aromatic heterocycles. The molecule has 1 amide bonds. The minimum Gasteiger partial charge on any atom is -0.311 e. The molecule has 0 atom stereocenters. The molecule has 1 aliphatic heterocycles. The van der Waals surface area contributed by atoms with Crippen LogP contribution in [0.15, 0.2) is 53.4 Å². The average molecular weight is 372 g/mol. The van der Waals surface area contributed by atoms with Gasteiger partial charge in [0, 0.05) is 24.8 Å². The fourth-order valence-electron chi connectivity index (χ4n) is 3.00. The standard InChI is InChI=1S/C19H20N2O4S/c1-14(22)15-7-9-17(10-8-15)26(24,25)20(2)13-19(23)21-12-11-16-5-3-4-6-18(16)21/h3-10H,11-13H2,1-2H3. The van der Waals surface area contributed by atoms with Gasteiger partial charge in [0.1, 0.15) is 0 Å². The second kappa shape index (κ2) is 7.01. The number of Topliss-reactive ketones (excluding diaryl/α,β-unsaturated/α-hetero) is 1. The number of hydrogen-bond acceptors (Lipinski definition) is 4. The number of carbonyl (C=O) groups is 2. The zero-order chi connectivity index (χ0) is 18.9. The summed E-state index contributed by atoms with van der Waals surface area (Å²) in [7, 11) is -2.43. The van der Waals surface area contributed by atoms with Gasteiger partial charge in [0.2, 0.25) is 15.9 Å². The minimum absolute atomic E-state index is 0.0552. The number of anilines is 1. The summed E-state index contributed by atoms with van der Waals surface area (Å²) in [6.07, 6.45) is 0.769. The topological polar surface area (TPSA) is 74.8 Å². The quantitative estimate of drug-likeness (QED) is 0.754. The van der Waals surface area contributed by atoms with Crippen LogP contribution in [0.4, 0.5) is 5.69 Å². The number of likely N-dealkylation sites (N-methyl/N-ethyl adjacent to an activating group) is 1. The van der Waals surface area contributed by atoms with E-state index in [0.29, 0.717) is 12.1 Å². The number of para-hydroxylation sites is 1. The molecule has 1 aliphatic rings. The number of carbonyl (C=O) groups excluding carboxylic acids is 2. The predicted molar refractivity (Wildman–Crippen MR) is 98.8 cm³/mol. The number of ketones is 1. The third-order valence-corrected chi connectivity index (χ3v) is 6.33. The Morgan fingerprint density at radius 3 is 2.38 bits per heavy atom. The van der Waals surface area contributed by atoms with E-state index in [0.717, 1.165) is 22.0 Å². The Kier molecular flexibility index (Phi) is 4.93. The van der Waals surface area contributed by atoms with Gasteiger partial charge in [-0.05, 0) is 37.1 Å². The van der Waals surface area contributed by atoms with Crippen molar-refractivity contribution in [2.75, 3.05) is 25.0 Å². The molecule has 0 bridgehead atoms. The minimum atomic E-state index is -3.81. The number of benzene rings is 2. The van der Waals surface area contributed by atoms with Gasteiger partial charge in [0.25, 0.3) is 0 Å². The highest BCUT2D eigenvalue weighted by atomic mass is 32.2. The number of sulfonamides is 1. The van der Waals surface area contributed by atoms with Crippen LogP contribution in [0.2, 0.25) is 0 Å². The van der Waals surface area contributed by atoms with Gasteiger partial charge in [-0.25, -0.2) is 8.42 Å². The van der Waals surface area contributed by atoms with Crippen LogP contribution in [-0.4, -0.2) is 44.6 Å². The van der Waals surface area contributed by atoms with Crippen LogP contribution in [0.5, 0.6) is 0 Å². The monoisotopic (exact) mass is 372 g/mol. The van der Waals surface area contributed by atoms with Gasteiger partial charge in [-0.3, -0.25) is 9.59 Å². The number of rotatable bonds is 5. The lowest BCUT2D eigenvalue weighted by atomic mass is 10.2. The van der Waals surface area contributed by atoms with Gasteiger partial charge in [-0.15, -0.1) is 0 Å². The van der Waals surface area contributed by atoms with Gasteiger partial charge in [0.15, 0.2) is 5.78 Å². The van der Waals surface area contributed by atoms with Gasteiger partial charge in [-0.1, -0.05) is 30.3 Å². The molecule has 0 N–H and O–H groups in total. The lowest BCUT2D eigenvalue weighted by molar-refractivity contribution is -0.118. The lowest BCUT2D eigenvalue weighted by Crippen LogP contribution is -2.40. The highest BCUT2D eigenvalue weighted by Gasteiger charge is 2.29. The van der Waals surface area contributed by atoms with E-state index in [9.17, 15) is 18.0 Å². The average Bonchev–Trinajstić information content (AvgIpc) is 3.06. The van der Waals surface area contributed by atoms with Crippen LogP contribution in [0.1, 0.15) is 22.8 Å². The lowest BCUT2D eigenvalue weighted by Gasteiger charge is -2.22. The van der Waals surface area contributed by atoms with Crippen LogP contribution in [0.25, 0.3) is 0 Å². The summed E-state index contributed by atoms with van der Waals surface area (Å²) in [5.41, 5.74) is 2.37. The largest absolute Gasteiger partial charge is 0.311 e. The molecule has 0 unspecified atom stereocenters. The fourth-order valence-corrected chi connectivity index (χ4v) is 4.12. The summed E-state index contributed by atoms with van der Waals surface area (Å²) in [5, 5.41) is 0. The zero-order valence-corrected chi connectivity index (χ0v) is 15.5. The fraction of sp³-hybridized carbons (Fsp3) is 0.263. The Balaban J connectivity index is 1.75. The Bertz CT molecular complexity index is 952. The maximum atomic E-state index is 12.7. The molecule has 136 valence electrons. The van der Waals surface area contributed by atoms with Gasteiger partial charge in [0.05, 0.1) is 11.4 Å². The Morgan fingerprint density at radius 1 is 1.08 bits per heavy atom. The van der Waals surface area contributed by atoms with E-state index in [-0.39, 0.29) is 23.1 Å². The van der Waals surface area contributed by atoms with Gasteiger partial charge < -0.3 is 4.90 Å². The number of hydrogen-bond donors (Lipinski definition) is 0. The van der Waals surface area contributed by atoms with Gasteiger partial charge >= 0.3 is 0 Å². The van der Waals surface area contributed by atoms with Crippen molar-refractivity contribution in [1.82, 2.24) is 4.31 Å². The van der Waals surface area contributed by atoms with Crippen LogP contribution >= 0.6 is 0 Å². The molecule has 0 aliphatic carbocycles. The van der Waals surface area contributed by atoms with E-state index in [2.05, 4.69) is 0 Å². The van der Waals surface area contributed by atoms with Crippen molar-refractivity contribution in [3.05, 3.63) is 59.7 Å². The van der Waals surface area contributed by atoms with Crippen molar-refractivity contribution in [2.24, 2.45) is 0 Å². The van der Waals surface area contributed by atoms with E-state index in [1.54, 1.807) is 4.90 Å². The Hall–Kier alpha value is -2.51. The first-order valence-corrected chi connectivity index (χ1v) is 9.70. The molecule has 2 aromatic carbocycles. The summed E-state index contributed by atoms with van der Waals surface area (Å²) in [4.78, 5) is 25.6. The van der Waals surface area contributed by atoms with E-state index < -0.39 is 10.0 Å². The van der Waals surface area contributed by atoms with E-state index in [4.69, 9.17) is 0 Å². The third-order valence-electron chi connectivity index (χ3n) is 4.52. The van der Waals surface area contributed by atoms with Crippen molar-refractivity contribution in [2.45, 2.75) is 18.2 Å². The second-order valence-electron chi connectivity index (χ2n) is 6.27. The van der Waals surface area contributed by atoms with Crippen LogP contribution in [-0.2, 0) is 21.2 Å². The van der Waals surface area contributed by atoms with Crippen molar-refractivity contribution in [3.63, 3.8) is 0 Å². The summed E-state index contributed by atoms with van der Waals surface area (Å²) in [6.45, 7) is 1.73. The molecule has 6 nitrogen and oxygen atoms in total. The highest BCUT2D eigenvalue weighted by Crippen LogP contribution is 2.27. The predicted octanol–water partition coefficient (Wildman–Crippen LogP) is 2.10. The highest BCUT2D eigenvalue weighted by molar-refractivity contribution is 7.89. The smallest absolute Gasteiger partial charge is 0.243 e. The first kappa shape index (κ1) is 18.3. The molecule has 0 saturated heterocycles. The Morgan fingerprint density at radius 2 is 1.73 bits per heavy atom. The summed E-state index contributed by atoms with van der Waals surface area (Å²) >= 11 is 0. The van der Waals surface area contributed by atoms with Crippen LogP contribution in [0.3, 0.4) is 0 Å². The zero-order valence-electron chi connectivity index (χ0n) is 14.7. The Labute approximate surface area is 153 Å². The first-order chi connectivity index (χ1) is 12.3. The first-order valence-electron chi connectivity index (χ1n) is 8.26. The third kappa shape index (κ3) is 3.40. The molecule has 26 heavy (non-hydrogen) atoms. The molecule has 0 radical (unpaired) electrons. The summed E-state index contributed by atoms with van der Waals surface area (Å²) in [5.74, 6) is -0.397. The van der Waals surface area contributed by atoms with Crippen molar-refractivity contribution in [1.29, 1.82) is 0 Å². The maximum absolute atomic E-state index is 12.7. The molecule has 1 heterocycles. The molecular weight excluding hydrogens is 352 g/mol. The van der Waals surface area contributed by atoms with E-state index in [1.165, 1.54) is 38.2 Å². The molecule has 0 spiro atoms. The summed E-state index contributed by atoms with van der Waals surface area (Å²) in [6, 6.07) is 13.4. The second-order valence-corrected chi connectivity index (χ2v) is 8.31. The van der Waals surface area contributed by atoms with E-state index in [1.807, 2.05) is 24.3 Å². The SMILES string of the molecule is CC(=O)c1ccc(S(=O)(=O)N(C)CC(=O)N2CCc3ccccc32)cc1. The molecule has 7 heteroatoms. The van der Waals surface area contributed by atoms with E-state index >= 15 is 0 Å². The normalized spacial score (nSPS) is 13.7. The molecule has 3 rings (SSSR count). The van der Waals surface area contributed by atoms with Crippen LogP contribution < -0.4 is 4.90 Å². The van der Waals surface area contributed by atoms with Gasteiger partial charge in [-0.2, -0.15) is 4.31 Å². The molecule has 0 saturated carbocycles. The summed E-state index contributed by atoms with van der Waals surface area (Å²) < 4.78 is 26.4.